The van der Waals surface area contributed by atoms with E-state index in [0.29, 0.717) is 0 Å². The largest absolute Gasteiger partial charge is 0.334 e. The summed E-state index contributed by atoms with van der Waals surface area (Å²) in [6.07, 6.45) is 0.733. The average Bonchev–Trinajstić information content (AvgIpc) is 3.19. The molecule has 1 aliphatic rings. The Bertz CT molecular complexity index is 625. The zero-order chi connectivity index (χ0) is 15.5. The van der Waals surface area contributed by atoms with Crippen molar-refractivity contribution in [1.82, 2.24) is 25.1 Å². The van der Waals surface area contributed by atoms with E-state index in [9.17, 15) is 13.6 Å². The summed E-state index contributed by atoms with van der Waals surface area (Å²) < 4.78 is 26.6. The highest BCUT2D eigenvalue weighted by Crippen LogP contribution is 2.28. The standard InChI is InChI=1S/C14H15F2N5O/c15-13(16)8-20(11-5-6-11)14(22)7-10-1-3-12(4-2-10)21-9-17-18-19-21/h1-4,9,11,13H,5-8H2. The van der Waals surface area contributed by atoms with Gasteiger partial charge in [-0.1, -0.05) is 12.1 Å². The van der Waals surface area contributed by atoms with E-state index in [0.717, 1.165) is 24.1 Å². The van der Waals surface area contributed by atoms with Crippen molar-refractivity contribution in [3.8, 4) is 5.69 Å². The molecule has 1 heterocycles. The predicted octanol–water partition coefficient (Wildman–Crippen LogP) is 1.46. The number of amides is 1. The van der Waals surface area contributed by atoms with Crippen LogP contribution in [0.5, 0.6) is 0 Å². The first-order valence-corrected chi connectivity index (χ1v) is 7.03. The van der Waals surface area contributed by atoms with Crippen molar-refractivity contribution in [2.45, 2.75) is 31.7 Å². The maximum absolute atomic E-state index is 12.6. The van der Waals surface area contributed by atoms with Gasteiger partial charge in [-0.05, 0) is 41.0 Å². The summed E-state index contributed by atoms with van der Waals surface area (Å²) in [7, 11) is 0. The topological polar surface area (TPSA) is 63.9 Å². The highest BCUT2D eigenvalue weighted by molar-refractivity contribution is 5.79. The molecule has 3 rings (SSSR count). The fraction of sp³-hybridized carbons (Fsp3) is 0.429. The number of aromatic nitrogens is 4. The minimum Gasteiger partial charge on any atom is -0.334 e. The van der Waals surface area contributed by atoms with Crippen molar-refractivity contribution < 1.29 is 13.6 Å². The first-order valence-electron chi connectivity index (χ1n) is 7.03. The summed E-state index contributed by atoms with van der Waals surface area (Å²) in [6, 6.07) is 7.12. The lowest BCUT2D eigenvalue weighted by Gasteiger charge is -2.22. The molecular formula is C14H15F2N5O. The molecule has 0 bridgehead atoms. The summed E-state index contributed by atoms with van der Waals surface area (Å²) in [6.45, 7) is -0.480. The maximum atomic E-state index is 12.6. The molecule has 0 aliphatic heterocycles. The molecule has 0 saturated heterocycles. The minimum atomic E-state index is -2.49. The normalized spacial score (nSPS) is 14.3. The number of rotatable bonds is 6. The number of hydrogen-bond donors (Lipinski definition) is 0. The second kappa shape index (κ2) is 6.17. The van der Waals surface area contributed by atoms with Crippen molar-refractivity contribution in [3.63, 3.8) is 0 Å². The molecule has 1 amide bonds. The fourth-order valence-electron chi connectivity index (χ4n) is 2.31. The molecule has 1 fully saturated rings. The van der Waals surface area contributed by atoms with Crippen LogP contribution < -0.4 is 0 Å². The van der Waals surface area contributed by atoms with Gasteiger partial charge in [-0.25, -0.2) is 13.5 Å². The van der Waals surface area contributed by atoms with Crippen LogP contribution in [0.25, 0.3) is 5.69 Å². The van der Waals surface area contributed by atoms with Crippen LogP contribution in [-0.2, 0) is 11.2 Å². The van der Waals surface area contributed by atoms with Crippen LogP contribution in [-0.4, -0.2) is 50.0 Å². The van der Waals surface area contributed by atoms with Gasteiger partial charge >= 0.3 is 0 Å². The summed E-state index contributed by atoms with van der Waals surface area (Å²) in [4.78, 5) is 13.5. The highest BCUT2D eigenvalue weighted by atomic mass is 19.3. The monoisotopic (exact) mass is 307 g/mol. The van der Waals surface area contributed by atoms with Crippen LogP contribution in [0.3, 0.4) is 0 Å². The van der Waals surface area contributed by atoms with Gasteiger partial charge in [-0.2, -0.15) is 0 Å². The molecule has 1 aromatic heterocycles. The second-order valence-electron chi connectivity index (χ2n) is 5.27. The lowest BCUT2D eigenvalue weighted by atomic mass is 10.1. The molecule has 1 aromatic carbocycles. The van der Waals surface area contributed by atoms with E-state index >= 15 is 0 Å². The lowest BCUT2D eigenvalue weighted by molar-refractivity contribution is -0.133. The van der Waals surface area contributed by atoms with Crippen LogP contribution in [0.2, 0.25) is 0 Å². The third kappa shape index (κ3) is 3.44. The summed E-state index contributed by atoms with van der Waals surface area (Å²) >= 11 is 0. The Morgan fingerprint density at radius 3 is 2.59 bits per heavy atom. The molecule has 0 N–H and O–H groups in total. The zero-order valence-electron chi connectivity index (χ0n) is 11.8. The number of nitrogens with zero attached hydrogens (tertiary/aromatic N) is 5. The van der Waals surface area contributed by atoms with E-state index in [4.69, 9.17) is 0 Å². The number of carbonyl (C=O) groups excluding carboxylic acids is 1. The van der Waals surface area contributed by atoms with Gasteiger partial charge in [0, 0.05) is 6.04 Å². The Morgan fingerprint density at radius 2 is 2.05 bits per heavy atom. The minimum absolute atomic E-state index is 0.0120. The SMILES string of the molecule is O=C(Cc1ccc(-n2cnnn2)cc1)N(CC(F)F)C1CC1. The molecule has 0 unspecified atom stereocenters. The highest BCUT2D eigenvalue weighted by Gasteiger charge is 2.33. The van der Waals surface area contributed by atoms with Gasteiger partial charge < -0.3 is 4.90 Å². The molecular weight excluding hydrogens is 292 g/mol. The Hall–Kier alpha value is -2.38. The lowest BCUT2D eigenvalue weighted by Crippen LogP contribution is -2.37. The Labute approximate surface area is 125 Å². The predicted molar refractivity (Wildman–Crippen MR) is 73.6 cm³/mol. The third-order valence-electron chi connectivity index (χ3n) is 3.55. The summed E-state index contributed by atoms with van der Waals surface area (Å²) in [5, 5.41) is 10.9. The van der Waals surface area contributed by atoms with Crippen LogP contribution in [0.1, 0.15) is 18.4 Å². The molecule has 8 heteroatoms. The molecule has 6 nitrogen and oxygen atoms in total. The zero-order valence-corrected chi connectivity index (χ0v) is 11.8. The van der Waals surface area contributed by atoms with E-state index < -0.39 is 13.0 Å². The first kappa shape index (κ1) is 14.6. The van der Waals surface area contributed by atoms with Crippen molar-refractivity contribution in [3.05, 3.63) is 36.2 Å². The quantitative estimate of drug-likeness (QED) is 0.810. The maximum Gasteiger partial charge on any atom is 0.255 e. The molecule has 0 spiro atoms. The van der Waals surface area contributed by atoms with Gasteiger partial charge in [0.2, 0.25) is 5.91 Å². The van der Waals surface area contributed by atoms with Crippen molar-refractivity contribution in [2.24, 2.45) is 0 Å². The van der Waals surface area contributed by atoms with Crippen molar-refractivity contribution in [1.29, 1.82) is 0 Å². The number of hydrogen-bond acceptors (Lipinski definition) is 4. The van der Waals surface area contributed by atoms with E-state index in [1.54, 1.807) is 24.3 Å². The molecule has 1 saturated carbocycles. The van der Waals surface area contributed by atoms with E-state index in [2.05, 4.69) is 15.5 Å². The number of benzene rings is 1. The van der Waals surface area contributed by atoms with Crippen LogP contribution in [0.15, 0.2) is 30.6 Å². The molecule has 1 aliphatic carbocycles. The molecule has 2 aromatic rings. The molecule has 116 valence electrons. The van der Waals surface area contributed by atoms with Gasteiger partial charge in [0.1, 0.15) is 6.33 Å². The van der Waals surface area contributed by atoms with Crippen LogP contribution in [0, 0.1) is 0 Å². The third-order valence-corrected chi connectivity index (χ3v) is 3.55. The van der Waals surface area contributed by atoms with E-state index in [1.165, 1.54) is 15.9 Å². The van der Waals surface area contributed by atoms with Crippen LogP contribution >= 0.6 is 0 Å². The van der Waals surface area contributed by atoms with Crippen molar-refractivity contribution in [2.75, 3.05) is 6.54 Å². The van der Waals surface area contributed by atoms with Gasteiger partial charge in [0.05, 0.1) is 18.7 Å². The van der Waals surface area contributed by atoms with Crippen molar-refractivity contribution >= 4 is 5.91 Å². The van der Waals surface area contributed by atoms with Crippen LogP contribution in [0.4, 0.5) is 8.78 Å². The Kier molecular flexibility index (Phi) is 4.08. The Morgan fingerprint density at radius 1 is 1.32 bits per heavy atom. The van der Waals surface area contributed by atoms with Gasteiger partial charge in [0.15, 0.2) is 0 Å². The van der Waals surface area contributed by atoms with E-state index in [-0.39, 0.29) is 18.4 Å². The molecule has 0 radical (unpaired) electrons. The van der Waals surface area contributed by atoms with Gasteiger partial charge in [0.25, 0.3) is 6.43 Å². The number of alkyl halides is 2. The smallest absolute Gasteiger partial charge is 0.255 e. The van der Waals surface area contributed by atoms with Gasteiger partial charge in [-0.15, -0.1) is 5.10 Å². The molecule has 0 atom stereocenters. The van der Waals surface area contributed by atoms with Gasteiger partial charge in [-0.3, -0.25) is 4.79 Å². The Balaban J connectivity index is 1.65. The number of halogens is 2. The summed E-state index contributed by atoms with van der Waals surface area (Å²) in [5.74, 6) is -0.252. The average molecular weight is 307 g/mol. The van der Waals surface area contributed by atoms with E-state index in [1.807, 2.05) is 0 Å². The summed E-state index contributed by atoms with van der Waals surface area (Å²) in [5.41, 5.74) is 1.55. The number of carbonyl (C=O) groups is 1. The fourth-order valence-corrected chi connectivity index (χ4v) is 2.31. The second-order valence-corrected chi connectivity index (χ2v) is 5.27. The number of tetrazole rings is 1. The molecule has 22 heavy (non-hydrogen) atoms. The first-order chi connectivity index (χ1) is 10.6.